The van der Waals surface area contributed by atoms with Gasteiger partial charge in [0.25, 0.3) is 5.91 Å². The average Bonchev–Trinajstić information content (AvgIpc) is 3.05. The van der Waals surface area contributed by atoms with Crippen molar-refractivity contribution in [3.05, 3.63) is 16.4 Å². The van der Waals surface area contributed by atoms with Crippen molar-refractivity contribution in [2.75, 3.05) is 0 Å². The number of aliphatic carboxylic acids is 1. The maximum atomic E-state index is 13.2. The molecule has 0 aliphatic heterocycles. The number of unbranched alkanes of at least 4 members (excludes halogenated alkanes) is 1. The van der Waals surface area contributed by atoms with E-state index in [9.17, 15) is 14.7 Å². The summed E-state index contributed by atoms with van der Waals surface area (Å²) < 4.78 is 2.94. The van der Waals surface area contributed by atoms with E-state index in [0.29, 0.717) is 12.8 Å². The van der Waals surface area contributed by atoms with Gasteiger partial charge in [0, 0.05) is 17.3 Å². The minimum Gasteiger partial charge on any atom is -0.481 e. The molecule has 6 heteroatoms. The van der Waals surface area contributed by atoms with Crippen LogP contribution in [-0.2, 0) is 21.5 Å². The second-order valence-corrected chi connectivity index (χ2v) is 10.5. The van der Waals surface area contributed by atoms with Gasteiger partial charge in [-0.05, 0) is 63.4 Å². The predicted octanol–water partition coefficient (Wildman–Crippen LogP) is 4.60. The fourth-order valence-corrected chi connectivity index (χ4v) is 4.90. The van der Waals surface area contributed by atoms with Gasteiger partial charge < -0.3 is 5.11 Å². The highest BCUT2D eigenvalue weighted by molar-refractivity contribution is 7.04. The summed E-state index contributed by atoms with van der Waals surface area (Å²) in [6.07, 6.45) is 6.25. The normalized spacial score (nSPS) is 25.7. The molecule has 152 valence electrons. The number of hydrogen-bond donors (Lipinski definition) is 1. The predicted molar refractivity (Wildman–Crippen MR) is 109 cm³/mol. The molecule has 2 atom stereocenters. The number of carbonyl (C=O) groups excluding carboxylic acids is 1. The molecule has 1 aromatic heterocycles. The van der Waals surface area contributed by atoms with E-state index in [2.05, 4.69) is 42.8 Å². The number of carboxylic acids is 1. The molecule has 1 amide bonds. The SMILES string of the molecule is CCCCc1cn(C(C)(C)C)s/c1=N\C(=O)[C@@]1(C)CC[C@@H](C(=O)O)C1(C)C. The molecule has 0 radical (unpaired) electrons. The van der Waals surface area contributed by atoms with Crippen LogP contribution in [0.1, 0.15) is 79.7 Å². The maximum absolute atomic E-state index is 13.2. The molecule has 5 nitrogen and oxygen atoms in total. The van der Waals surface area contributed by atoms with Gasteiger partial charge in [-0.3, -0.25) is 13.5 Å². The highest BCUT2D eigenvalue weighted by Gasteiger charge is 2.58. The number of carboxylic acid groups (broad SMARTS) is 1. The van der Waals surface area contributed by atoms with Gasteiger partial charge in [0.15, 0.2) is 0 Å². The molecular weight excluding hydrogens is 360 g/mol. The van der Waals surface area contributed by atoms with E-state index < -0.39 is 22.7 Å². The second kappa shape index (κ2) is 7.53. The van der Waals surface area contributed by atoms with Gasteiger partial charge in [-0.15, -0.1) is 0 Å². The molecule has 1 aliphatic carbocycles. The molecule has 0 saturated heterocycles. The van der Waals surface area contributed by atoms with Crippen LogP contribution in [0, 0.1) is 16.7 Å². The van der Waals surface area contributed by atoms with Gasteiger partial charge in [0.2, 0.25) is 0 Å². The summed E-state index contributed by atoms with van der Waals surface area (Å²) in [5.74, 6) is -1.51. The van der Waals surface area contributed by atoms with Crippen LogP contribution in [0.4, 0.5) is 0 Å². The lowest BCUT2D eigenvalue weighted by Crippen LogP contribution is -2.42. The lowest BCUT2D eigenvalue weighted by molar-refractivity contribution is -0.148. The zero-order valence-electron chi connectivity index (χ0n) is 17.8. The van der Waals surface area contributed by atoms with Crippen LogP contribution in [0.5, 0.6) is 0 Å². The van der Waals surface area contributed by atoms with Crippen molar-refractivity contribution in [2.24, 2.45) is 21.7 Å². The molecule has 27 heavy (non-hydrogen) atoms. The first kappa shape index (κ1) is 21.9. The molecule has 1 aliphatic rings. The van der Waals surface area contributed by atoms with Gasteiger partial charge in [0.05, 0.1) is 11.3 Å². The first-order valence-corrected chi connectivity index (χ1v) is 10.7. The van der Waals surface area contributed by atoms with Crippen LogP contribution in [-0.4, -0.2) is 20.9 Å². The Morgan fingerprint density at radius 1 is 1.33 bits per heavy atom. The highest BCUT2D eigenvalue weighted by Crippen LogP contribution is 2.56. The van der Waals surface area contributed by atoms with Crippen LogP contribution in [0.2, 0.25) is 0 Å². The first-order chi connectivity index (χ1) is 12.3. The van der Waals surface area contributed by atoms with E-state index in [-0.39, 0.29) is 11.4 Å². The minimum absolute atomic E-state index is 0.0621. The highest BCUT2D eigenvalue weighted by atomic mass is 32.1. The molecule has 1 aromatic rings. The van der Waals surface area contributed by atoms with Crippen LogP contribution in [0.25, 0.3) is 0 Å². The summed E-state index contributed by atoms with van der Waals surface area (Å²) in [5, 5.41) is 9.54. The summed E-state index contributed by atoms with van der Waals surface area (Å²) in [7, 11) is 0. The summed E-state index contributed by atoms with van der Waals surface area (Å²) in [6.45, 7) is 14.2. The van der Waals surface area contributed by atoms with Crippen molar-refractivity contribution in [2.45, 2.75) is 86.1 Å². The molecule has 0 spiro atoms. The fraction of sp³-hybridized carbons (Fsp3) is 0.762. The number of hydrogen-bond acceptors (Lipinski definition) is 3. The topological polar surface area (TPSA) is 71.7 Å². The minimum atomic E-state index is -0.818. The van der Waals surface area contributed by atoms with E-state index in [1.54, 1.807) is 0 Å². The molecule has 0 aromatic carbocycles. The van der Waals surface area contributed by atoms with Crippen molar-refractivity contribution in [3.8, 4) is 0 Å². The fourth-order valence-electron chi connectivity index (χ4n) is 3.87. The van der Waals surface area contributed by atoms with E-state index in [1.165, 1.54) is 11.5 Å². The number of aryl methyl sites for hydroxylation is 1. The Morgan fingerprint density at radius 2 is 1.96 bits per heavy atom. The third-order valence-electron chi connectivity index (χ3n) is 6.39. The number of amides is 1. The molecule has 1 heterocycles. The molecule has 2 rings (SSSR count). The van der Waals surface area contributed by atoms with Crippen LogP contribution in [0.3, 0.4) is 0 Å². The number of rotatable bonds is 5. The number of aromatic nitrogens is 1. The van der Waals surface area contributed by atoms with Crippen molar-refractivity contribution in [3.63, 3.8) is 0 Å². The standard InChI is InChI=1S/C21H34N2O3S/c1-8-9-10-14-13-23(19(2,3)4)27-16(14)22-18(26)21(7)12-11-15(17(24)25)20(21,5)6/h13,15H,8-12H2,1-7H3,(H,24,25)/b22-16-/t15-,21+/m0/s1. The lowest BCUT2D eigenvalue weighted by atomic mass is 9.65. The zero-order chi connectivity index (χ0) is 20.6. The Hall–Kier alpha value is -1.43. The van der Waals surface area contributed by atoms with Crippen molar-refractivity contribution >= 4 is 23.4 Å². The van der Waals surface area contributed by atoms with E-state index in [0.717, 1.165) is 29.5 Å². The maximum Gasteiger partial charge on any atom is 0.307 e. The summed E-state index contributed by atoms with van der Waals surface area (Å²) in [5.41, 5.74) is -0.332. The molecule has 1 N–H and O–H groups in total. The molecule has 1 fully saturated rings. The van der Waals surface area contributed by atoms with Gasteiger partial charge in [-0.2, -0.15) is 0 Å². The molecule has 1 saturated carbocycles. The van der Waals surface area contributed by atoms with Crippen LogP contribution >= 0.6 is 11.5 Å². The third-order valence-corrected chi connectivity index (χ3v) is 7.77. The summed E-state index contributed by atoms with van der Waals surface area (Å²) in [4.78, 5) is 29.4. The van der Waals surface area contributed by atoms with Crippen LogP contribution in [0.15, 0.2) is 11.2 Å². The van der Waals surface area contributed by atoms with Gasteiger partial charge in [-0.1, -0.05) is 34.1 Å². The second-order valence-electron chi connectivity index (χ2n) is 9.55. The zero-order valence-corrected chi connectivity index (χ0v) is 18.6. The Balaban J connectivity index is 2.47. The third kappa shape index (κ3) is 4.05. The monoisotopic (exact) mass is 394 g/mol. The Kier molecular flexibility index (Phi) is 6.10. The van der Waals surface area contributed by atoms with Gasteiger partial charge in [0.1, 0.15) is 4.67 Å². The Labute approximate surface area is 166 Å². The van der Waals surface area contributed by atoms with E-state index in [4.69, 9.17) is 0 Å². The molecule has 0 unspecified atom stereocenters. The largest absolute Gasteiger partial charge is 0.481 e. The number of nitrogens with zero attached hydrogens (tertiary/aromatic N) is 2. The summed E-state index contributed by atoms with van der Waals surface area (Å²) >= 11 is 1.52. The quantitative estimate of drug-likeness (QED) is 0.793. The van der Waals surface area contributed by atoms with Crippen molar-refractivity contribution in [1.29, 1.82) is 0 Å². The smallest absolute Gasteiger partial charge is 0.307 e. The summed E-state index contributed by atoms with van der Waals surface area (Å²) in [6, 6.07) is 0. The number of carbonyl (C=O) groups is 2. The Bertz CT molecular complexity index is 782. The van der Waals surface area contributed by atoms with Gasteiger partial charge >= 0.3 is 5.97 Å². The first-order valence-electron chi connectivity index (χ1n) is 9.89. The van der Waals surface area contributed by atoms with Gasteiger partial charge in [-0.25, -0.2) is 4.99 Å². The lowest BCUT2D eigenvalue weighted by Gasteiger charge is -2.37. The van der Waals surface area contributed by atoms with Crippen molar-refractivity contribution < 1.29 is 14.7 Å². The molecular formula is C21H34N2O3S. The average molecular weight is 395 g/mol. The van der Waals surface area contributed by atoms with Crippen LogP contribution < -0.4 is 4.67 Å². The van der Waals surface area contributed by atoms with E-state index in [1.807, 2.05) is 20.8 Å². The Morgan fingerprint density at radius 3 is 2.44 bits per heavy atom. The van der Waals surface area contributed by atoms with Crippen molar-refractivity contribution in [1.82, 2.24) is 3.96 Å². The molecule has 0 bridgehead atoms. The van der Waals surface area contributed by atoms with E-state index >= 15 is 0 Å².